The Morgan fingerprint density at radius 1 is 0.900 bits per heavy atom. The van der Waals surface area contributed by atoms with Gasteiger partial charge in [-0.15, -0.1) is 0 Å². The van der Waals surface area contributed by atoms with E-state index in [0.29, 0.717) is 5.92 Å². The summed E-state index contributed by atoms with van der Waals surface area (Å²) in [6.07, 6.45) is 4.06. The number of hydrogen-bond donors (Lipinski definition) is 0. The third-order valence-corrected chi connectivity index (χ3v) is 28.0. The summed E-state index contributed by atoms with van der Waals surface area (Å²) in [5.41, 5.74) is 9.87. The van der Waals surface area contributed by atoms with Crippen LogP contribution in [0.5, 0.6) is 0 Å². The van der Waals surface area contributed by atoms with E-state index in [9.17, 15) is 0 Å². The second-order valence-electron chi connectivity index (χ2n) is 10.2. The van der Waals surface area contributed by atoms with Gasteiger partial charge in [-0.25, -0.2) is 0 Å². The van der Waals surface area contributed by atoms with Crippen molar-refractivity contribution in [3.05, 3.63) is 75.9 Å². The van der Waals surface area contributed by atoms with Gasteiger partial charge in [-0.05, 0) is 0 Å². The van der Waals surface area contributed by atoms with Crippen LogP contribution in [0.1, 0.15) is 65.0 Å². The number of allylic oxidation sites excluding steroid dienone is 5. The number of hydrogen-bond acceptors (Lipinski definition) is 0. The molecule has 2 aromatic carbocycles. The molecular formula is C28H37SiZr+. The summed E-state index contributed by atoms with van der Waals surface area (Å²) < 4.78 is 2.65. The van der Waals surface area contributed by atoms with Crippen LogP contribution >= 0.6 is 0 Å². The third-order valence-electron chi connectivity index (χ3n) is 7.58. The normalized spacial score (nSPS) is 19.5. The van der Waals surface area contributed by atoms with Gasteiger partial charge in [0.05, 0.1) is 0 Å². The van der Waals surface area contributed by atoms with E-state index in [2.05, 4.69) is 97.1 Å². The molecule has 30 heavy (non-hydrogen) atoms. The molecule has 0 nitrogen and oxygen atoms in total. The van der Waals surface area contributed by atoms with Crippen molar-refractivity contribution in [3.8, 4) is 0 Å². The molecule has 0 saturated heterocycles. The minimum absolute atomic E-state index is 0.611. The summed E-state index contributed by atoms with van der Waals surface area (Å²) in [6.45, 7) is 19.7. The SMILES string of the molecule is CC1=C(C)[CH]([Zr+]([C]2=CC(CC(C)C)c3ccc4ccccc4c32)[SiH](C)C)C(C)=C1C. The predicted octanol–water partition coefficient (Wildman–Crippen LogP) is 8.40. The predicted molar refractivity (Wildman–Crippen MR) is 133 cm³/mol. The Balaban J connectivity index is 1.94. The topological polar surface area (TPSA) is 0 Å². The van der Waals surface area contributed by atoms with E-state index < -0.39 is 26.8 Å². The molecule has 0 aromatic heterocycles. The molecule has 1 unspecified atom stereocenters. The van der Waals surface area contributed by atoms with Crippen molar-refractivity contribution < 1.29 is 20.9 Å². The molecule has 1 atom stereocenters. The molecule has 2 heteroatoms. The molecule has 0 radical (unpaired) electrons. The van der Waals surface area contributed by atoms with E-state index in [1.165, 1.54) is 17.2 Å². The van der Waals surface area contributed by atoms with Gasteiger partial charge < -0.3 is 0 Å². The van der Waals surface area contributed by atoms with Gasteiger partial charge in [-0.3, -0.25) is 0 Å². The van der Waals surface area contributed by atoms with E-state index >= 15 is 0 Å². The number of benzene rings is 2. The van der Waals surface area contributed by atoms with Crippen molar-refractivity contribution >= 4 is 20.0 Å². The van der Waals surface area contributed by atoms with Crippen molar-refractivity contribution in [2.24, 2.45) is 5.92 Å². The molecule has 0 bridgehead atoms. The fourth-order valence-electron chi connectivity index (χ4n) is 5.83. The van der Waals surface area contributed by atoms with Gasteiger partial charge in [0, 0.05) is 0 Å². The summed E-state index contributed by atoms with van der Waals surface area (Å²) in [6, 6.07) is 14.0. The first-order chi connectivity index (χ1) is 14.2. The zero-order chi connectivity index (χ0) is 21.7. The molecular weight excluding hydrogens is 456 g/mol. The van der Waals surface area contributed by atoms with Crippen molar-refractivity contribution in [2.45, 2.75) is 70.6 Å². The monoisotopic (exact) mass is 491 g/mol. The van der Waals surface area contributed by atoms with Crippen LogP contribution in [0.15, 0.2) is 64.8 Å². The second kappa shape index (κ2) is 8.51. The fourth-order valence-corrected chi connectivity index (χ4v) is 27.5. The summed E-state index contributed by atoms with van der Waals surface area (Å²) in [4.78, 5) is 0. The Hall–Kier alpha value is -0.980. The van der Waals surface area contributed by atoms with Crippen molar-refractivity contribution in [1.82, 2.24) is 0 Å². The van der Waals surface area contributed by atoms with Crippen molar-refractivity contribution in [1.29, 1.82) is 0 Å². The Morgan fingerprint density at radius 2 is 1.53 bits per heavy atom. The van der Waals surface area contributed by atoms with Crippen LogP contribution in [-0.4, -0.2) is 5.92 Å². The molecule has 156 valence electrons. The van der Waals surface area contributed by atoms with E-state index in [1.807, 2.05) is 3.28 Å². The van der Waals surface area contributed by atoms with Crippen LogP contribution in [0.2, 0.25) is 16.7 Å². The molecule has 0 heterocycles. The van der Waals surface area contributed by atoms with Crippen LogP contribution in [0.3, 0.4) is 0 Å². The van der Waals surface area contributed by atoms with Gasteiger partial charge in [-0.2, -0.15) is 0 Å². The van der Waals surface area contributed by atoms with E-state index in [0.717, 1.165) is 9.54 Å². The molecule has 0 fully saturated rings. The fraction of sp³-hybridized carbons (Fsp3) is 0.429. The third kappa shape index (κ3) is 3.63. The first-order valence-corrected chi connectivity index (χ1v) is 21.5. The Morgan fingerprint density at radius 3 is 2.13 bits per heavy atom. The molecule has 0 saturated carbocycles. The van der Waals surface area contributed by atoms with Crippen molar-refractivity contribution in [3.63, 3.8) is 0 Å². The average molecular weight is 493 g/mol. The molecule has 4 rings (SSSR count). The maximum atomic E-state index is 2.78. The second-order valence-corrected chi connectivity index (χ2v) is 29.7. The van der Waals surface area contributed by atoms with Gasteiger partial charge in [-0.1, -0.05) is 0 Å². The maximum absolute atomic E-state index is 2.78. The number of rotatable bonds is 5. The molecule has 2 aliphatic carbocycles. The summed E-state index contributed by atoms with van der Waals surface area (Å²) in [7, 11) is 0. The molecule has 0 spiro atoms. The van der Waals surface area contributed by atoms with Crippen LogP contribution in [0.4, 0.5) is 0 Å². The summed E-state index contributed by atoms with van der Waals surface area (Å²) in [5.74, 6) is 0.575. The van der Waals surface area contributed by atoms with Gasteiger partial charge in [0.1, 0.15) is 0 Å². The average Bonchev–Trinajstić information content (AvgIpc) is 3.14. The van der Waals surface area contributed by atoms with Crippen LogP contribution in [-0.2, 0) is 20.9 Å². The Labute approximate surface area is 192 Å². The zero-order valence-electron chi connectivity index (χ0n) is 20.1. The quantitative estimate of drug-likeness (QED) is 0.367. The van der Waals surface area contributed by atoms with Crippen LogP contribution in [0, 0.1) is 5.92 Å². The Bertz CT molecular complexity index is 1060. The van der Waals surface area contributed by atoms with Gasteiger partial charge in [0.15, 0.2) is 0 Å². The molecule has 0 aliphatic heterocycles. The van der Waals surface area contributed by atoms with Gasteiger partial charge in [0.25, 0.3) is 0 Å². The standard InChI is InChI=1S/C17H17.C9H13.C2H7Si.Zr/c1-12(2)11-14-8-10-17-15-6-4-3-5-13(15)7-9-16(14)17;1-6-5-7(2)9(4)8(6)3;1-3-2;/h3-9,12,14H,11H2,1-2H3;5H,1-4H3;3H,1-2H3;/q;;;+1. The first-order valence-electron chi connectivity index (χ1n) is 11.7. The molecule has 2 aromatic rings. The van der Waals surface area contributed by atoms with Gasteiger partial charge in [0.2, 0.25) is 0 Å². The first kappa shape index (κ1) is 22.2. The zero-order valence-corrected chi connectivity index (χ0v) is 23.7. The molecule has 0 amide bonds. The summed E-state index contributed by atoms with van der Waals surface area (Å²) in [5, 5.41) is 2.92. The summed E-state index contributed by atoms with van der Waals surface area (Å²) >= 11 is -1.90. The van der Waals surface area contributed by atoms with Crippen LogP contribution < -0.4 is 0 Å². The van der Waals surface area contributed by atoms with E-state index in [1.54, 1.807) is 33.4 Å². The molecule has 0 N–H and O–H groups in total. The van der Waals surface area contributed by atoms with E-state index in [4.69, 9.17) is 0 Å². The minimum atomic E-state index is -1.90. The molecule has 2 aliphatic rings. The van der Waals surface area contributed by atoms with Gasteiger partial charge >= 0.3 is 193 Å². The Kier molecular flexibility index (Phi) is 6.31. The van der Waals surface area contributed by atoms with E-state index in [-0.39, 0.29) is 0 Å². The van der Waals surface area contributed by atoms with Crippen molar-refractivity contribution in [2.75, 3.05) is 0 Å². The van der Waals surface area contributed by atoms with Crippen LogP contribution in [0.25, 0.3) is 14.1 Å². The number of fused-ring (bicyclic) bond motifs is 3.